The molecule has 0 aliphatic carbocycles. The first kappa shape index (κ1) is 19.5. The minimum absolute atomic E-state index is 0.219. The van der Waals surface area contributed by atoms with Crippen molar-refractivity contribution in [2.75, 3.05) is 13.1 Å². The lowest BCUT2D eigenvalue weighted by atomic mass is 10.1. The third-order valence-electron chi connectivity index (χ3n) is 5.06. The highest BCUT2D eigenvalue weighted by Gasteiger charge is 2.21. The second kappa shape index (κ2) is 8.68. The molecule has 2 atom stereocenters. The van der Waals surface area contributed by atoms with Crippen LogP contribution in [0.3, 0.4) is 0 Å². The maximum Gasteiger partial charge on any atom is 0.271 e. The molecular weight excluding hydrogens is 364 g/mol. The third kappa shape index (κ3) is 4.96. The van der Waals surface area contributed by atoms with E-state index in [4.69, 9.17) is 4.74 Å². The standard InChI is InChI=1S/C23H26N4O2/c1-16-13-27(14-17(2)29-16)15-19-9-7-18(8-10-19)11-25-23(28)22-12-24-20-5-3-4-6-21(20)26-22/h3-10,12,16-17H,11,13-15H2,1-2H3,(H,25,28). The largest absolute Gasteiger partial charge is 0.373 e. The van der Waals surface area contributed by atoms with Gasteiger partial charge in [0.1, 0.15) is 5.69 Å². The molecule has 0 radical (unpaired) electrons. The number of hydrogen-bond donors (Lipinski definition) is 1. The van der Waals surface area contributed by atoms with Gasteiger partial charge in [-0.2, -0.15) is 0 Å². The fourth-order valence-corrected chi connectivity index (χ4v) is 3.77. The highest BCUT2D eigenvalue weighted by molar-refractivity contribution is 5.93. The van der Waals surface area contributed by atoms with Crippen LogP contribution in [0.1, 0.15) is 35.5 Å². The molecule has 2 unspecified atom stereocenters. The molecule has 1 amide bonds. The van der Waals surface area contributed by atoms with Gasteiger partial charge in [0.05, 0.1) is 29.4 Å². The first-order valence-corrected chi connectivity index (χ1v) is 10.0. The van der Waals surface area contributed by atoms with E-state index in [0.29, 0.717) is 12.2 Å². The predicted octanol–water partition coefficient (Wildman–Crippen LogP) is 3.17. The molecule has 1 saturated heterocycles. The number of fused-ring (bicyclic) bond motifs is 1. The number of carbonyl (C=O) groups excluding carboxylic acids is 1. The van der Waals surface area contributed by atoms with Gasteiger partial charge in [0, 0.05) is 26.2 Å². The first-order valence-electron chi connectivity index (χ1n) is 10.0. The molecule has 150 valence electrons. The van der Waals surface area contributed by atoms with Crippen LogP contribution in [0.25, 0.3) is 11.0 Å². The maximum absolute atomic E-state index is 12.4. The average Bonchev–Trinajstić information content (AvgIpc) is 2.72. The molecule has 0 saturated carbocycles. The zero-order valence-electron chi connectivity index (χ0n) is 16.8. The van der Waals surface area contributed by atoms with Gasteiger partial charge in [-0.05, 0) is 37.1 Å². The van der Waals surface area contributed by atoms with Crippen LogP contribution in [0.4, 0.5) is 0 Å². The number of ether oxygens (including phenoxy) is 1. The van der Waals surface area contributed by atoms with Crippen LogP contribution in [0, 0.1) is 0 Å². The molecular formula is C23H26N4O2. The zero-order valence-corrected chi connectivity index (χ0v) is 16.8. The van der Waals surface area contributed by atoms with Gasteiger partial charge in [0.25, 0.3) is 5.91 Å². The summed E-state index contributed by atoms with van der Waals surface area (Å²) in [5.41, 5.74) is 4.15. The lowest BCUT2D eigenvalue weighted by molar-refractivity contribution is -0.0704. The summed E-state index contributed by atoms with van der Waals surface area (Å²) in [6, 6.07) is 15.9. The first-order chi connectivity index (χ1) is 14.1. The molecule has 6 nitrogen and oxygen atoms in total. The van der Waals surface area contributed by atoms with Crippen molar-refractivity contribution >= 4 is 16.9 Å². The number of carbonyl (C=O) groups is 1. The van der Waals surface area contributed by atoms with Crippen molar-refractivity contribution in [1.29, 1.82) is 0 Å². The van der Waals surface area contributed by atoms with Crippen molar-refractivity contribution in [3.8, 4) is 0 Å². The topological polar surface area (TPSA) is 67.4 Å². The Kier molecular flexibility index (Phi) is 5.83. The molecule has 2 heterocycles. The van der Waals surface area contributed by atoms with Crippen molar-refractivity contribution in [3.63, 3.8) is 0 Å². The Morgan fingerprint density at radius 3 is 2.41 bits per heavy atom. The normalized spacial score (nSPS) is 19.9. The second-order valence-electron chi connectivity index (χ2n) is 7.69. The Morgan fingerprint density at radius 2 is 1.69 bits per heavy atom. The molecule has 1 aliphatic heterocycles. The lowest BCUT2D eigenvalue weighted by Crippen LogP contribution is -2.44. The molecule has 1 fully saturated rings. The molecule has 1 aliphatic rings. The second-order valence-corrected chi connectivity index (χ2v) is 7.69. The highest BCUT2D eigenvalue weighted by atomic mass is 16.5. The molecule has 1 aromatic heterocycles. The van der Waals surface area contributed by atoms with E-state index < -0.39 is 0 Å². The summed E-state index contributed by atoms with van der Waals surface area (Å²) in [5.74, 6) is -0.219. The quantitative estimate of drug-likeness (QED) is 0.725. The zero-order chi connectivity index (χ0) is 20.2. The molecule has 29 heavy (non-hydrogen) atoms. The summed E-state index contributed by atoms with van der Waals surface area (Å²) in [5, 5.41) is 2.92. The van der Waals surface area contributed by atoms with Crippen LogP contribution in [-0.2, 0) is 17.8 Å². The number of benzene rings is 2. The maximum atomic E-state index is 12.4. The van der Waals surface area contributed by atoms with Crippen molar-refractivity contribution in [2.24, 2.45) is 0 Å². The van der Waals surface area contributed by atoms with Crippen LogP contribution in [0.2, 0.25) is 0 Å². The summed E-state index contributed by atoms with van der Waals surface area (Å²) in [6.45, 7) is 7.52. The number of para-hydroxylation sites is 2. The summed E-state index contributed by atoms with van der Waals surface area (Å²) in [4.78, 5) is 23.5. The predicted molar refractivity (Wildman–Crippen MR) is 112 cm³/mol. The van der Waals surface area contributed by atoms with Gasteiger partial charge in [-0.1, -0.05) is 36.4 Å². The van der Waals surface area contributed by atoms with Gasteiger partial charge in [0.15, 0.2) is 0 Å². The van der Waals surface area contributed by atoms with Crippen LogP contribution in [-0.4, -0.2) is 46.1 Å². The van der Waals surface area contributed by atoms with Crippen molar-refractivity contribution in [3.05, 3.63) is 71.5 Å². The highest BCUT2D eigenvalue weighted by Crippen LogP contribution is 2.15. The van der Waals surface area contributed by atoms with Crippen LogP contribution in [0.5, 0.6) is 0 Å². The Hall–Kier alpha value is -2.83. The summed E-state index contributed by atoms with van der Waals surface area (Å²) in [7, 11) is 0. The van der Waals surface area contributed by atoms with Gasteiger partial charge >= 0.3 is 0 Å². The summed E-state index contributed by atoms with van der Waals surface area (Å²) in [6.07, 6.45) is 2.06. The molecule has 0 spiro atoms. The molecule has 4 rings (SSSR count). The van der Waals surface area contributed by atoms with Crippen LogP contribution < -0.4 is 5.32 Å². The number of rotatable bonds is 5. The van der Waals surface area contributed by atoms with E-state index in [-0.39, 0.29) is 18.1 Å². The van der Waals surface area contributed by atoms with E-state index >= 15 is 0 Å². The number of hydrogen-bond acceptors (Lipinski definition) is 5. The number of aromatic nitrogens is 2. The van der Waals surface area contributed by atoms with Crippen LogP contribution >= 0.6 is 0 Å². The number of nitrogens with one attached hydrogen (secondary N) is 1. The fourth-order valence-electron chi connectivity index (χ4n) is 3.77. The molecule has 6 heteroatoms. The Labute approximate surface area is 170 Å². The van der Waals surface area contributed by atoms with E-state index in [9.17, 15) is 4.79 Å². The van der Waals surface area contributed by atoms with Gasteiger partial charge in [0.2, 0.25) is 0 Å². The number of amides is 1. The van der Waals surface area contributed by atoms with Gasteiger partial charge in [-0.25, -0.2) is 4.98 Å². The Morgan fingerprint density at radius 1 is 1.03 bits per heavy atom. The van der Waals surface area contributed by atoms with Crippen molar-refractivity contribution < 1.29 is 9.53 Å². The van der Waals surface area contributed by atoms with Crippen molar-refractivity contribution in [2.45, 2.75) is 39.1 Å². The summed E-state index contributed by atoms with van der Waals surface area (Å²) >= 11 is 0. The van der Waals surface area contributed by atoms with E-state index in [1.54, 1.807) is 0 Å². The third-order valence-corrected chi connectivity index (χ3v) is 5.06. The lowest BCUT2D eigenvalue weighted by Gasteiger charge is -2.35. The van der Waals surface area contributed by atoms with E-state index in [1.807, 2.05) is 24.3 Å². The SMILES string of the molecule is CC1CN(Cc2ccc(CNC(=O)c3cnc4ccccc4n3)cc2)CC(C)O1. The minimum Gasteiger partial charge on any atom is -0.373 e. The Balaban J connectivity index is 1.33. The van der Waals surface area contributed by atoms with E-state index in [0.717, 1.165) is 36.2 Å². The average molecular weight is 390 g/mol. The number of nitrogens with zero attached hydrogens (tertiary/aromatic N) is 3. The molecule has 3 aromatic rings. The van der Waals surface area contributed by atoms with Gasteiger partial charge in [-0.15, -0.1) is 0 Å². The monoisotopic (exact) mass is 390 g/mol. The van der Waals surface area contributed by atoms with E-state index in [1.165, 1.54) is 11.8 Å². The Bertz CT molecular complexity index is 980. The molecule has 2 aromatic carbocycles. The van der Waals surface area contributed by atoms with E-state index in [2.05, 4.69) is 58.3 Å². The molecule has 0 bridgehead atoms. The van der Waals surface area contributed by atoms with Crippen LogP contribution in [0.15, 0.2) is 54.7 Å². The smallest absolute Gasteiger partial charge is 0.271 e. The fraction of sp³-hybridized carbons (Fsp3) is 0.348. The number of morpholine rings is 1. The molecule has 1 N–H and O–H groups in total. The summed E-state index contributed by atoms with van der Waals surface area (Å²) < 4.78 is 5.80. The van der Waals surface area contributed by atoms with Gasteiger partial charge in [-0.3, -0.25) is 14.7 Å². The minimum atomic E-state index is -0.219. The van der Waals surface area contributed by atoms with Crippen molar-refractivity contribution in [1.82, 2.24) is 20.2 Å². The van der Waals surface area contributed by atoms with Gasteiger partial charge < -0.3 is 10.1 Å².